The fraction of sp³-hybridized carbons (Fsp3) is 0.667. The van der Waals surface area contributed by atoms with E-state index in [1.54, 1.807) is 23.7 Å². The maximum absolute atomic E-state index is 14.1. The van der Waals surface area contributed by atoms with Crippen molar-refractivity contribution in [1.29, 1.82) is 0 Å². The molecule has 1 aromatic rings. The first-order valence-electron chi connectivity index (χ1n) is 13.3. The Hall–Kier alpha value is -1.78. The van der Waals surface area contributed by atoms with Crippen LogP contribution in [0.25, 0.3) is 0 Å². The summed E-state index contributed by atoms with van der Waals surface area (Å²) in [6, 6.07) is 6.48. The number of hydrogen-bond donors (Lipinski definition) is 3. The Kier molecular flexibility index (Phi) is 8.50. The molecule has 3 fully saturated rings. The van der Waals surface area contributed by atoms with E-state index < -0.39 is 28.7 Å². The second kappa shape index (κ2) is 11.1. The van der Waals surface area contributed by atoms with Crippen molar-refractivity contribution in [1.82, 2.24) is 10.2 Å². The molecule has 3 heterocycles. The van der Waals surface area contributed by atoms with E-state index in [0.717, 1.165) is 18.8 Å². The molecule has 204 valence electrons. The van der Waals surface area contributed by atoms with Gasteiger partial charge in [0.1, 0.15) is 6.04 Å². The number of alkyl halides is 1. The van der Waals surface area contributed by atoms with E-state index in [1.807, 2.05) is 38.1 Å². The molecular weight excluding hydrogens is 556 g/mol. The van der Waals surface area contributed by atoms with Crippen LogP contribution < -0.4 is 15.5 Å². The number of anilines is 2. The number of rotatable bonds is 10. The minimum absolute atomic E-state index is 0.0186. The summed E-state index contributed by atoms with van der Waals surface area (Å²) in [6.45, 7) is 9.84. The van der Waals surface area contributed by atoms with Crippen LogP contribution in [-0.2, 0) is 14.4 Å². The molecular formula is C27H39BrN4O4S. The van der Waals surface area contributed by atoms with Crippen LogP contribution in [0.15, 0.2) is 24.3 Å². The molecule has 1 spiro atoms. The van der Waals surface area contributed by atoms with Crippen molar-refractivity contribution in [3.05, 3.63) is 24.3 Å². The van der Waals surface area contributed by atoms with Gasteiger partial charge in [-0.1, -0.05) is 29.8 Å². The number of fused-ring (bicyclic) bond motifs is 1. The van der Waals surface area contributed by atoms with Crippen LogP contribution in [0.1, 0.15) is 40.5 Å². The number of amides is 3. The largest absolute Gasteiger partial charge is 0.394 e. The Morgan fingerprint density at radius 3 is 2.41 bits per heavy atom. The minimum Gasteiger partial charge on any atom is -0.394 e. The first-order valence-corrected chi connectivity index (χ1v) is 15.0. The Bertz CT molecular complexity index is 1020. The Balaban J connectivity index is 1.71. The van der Waals surface area contributed by atoms with E-state index in [0.29, 0.717) is 18.5 Å². The monoisotopic (exact) mass is 594 g/mol. The quantitative estimate of drug-likeness (QED) is 0.360. The van der Waals surface area contributed by atoms with Crippen molar-refractivity contribution >= 4 is 56.8 Å². The molecule has 3 aliphatic heterocycles. The topological polar surface area (TPSA) is 102 Å². The van der Waals surface area contributed by atoms with Crippen molar-refractivity contribution in [2.24, 2.45) is 17.8 Å². The van der Waals surface area contributed by atoms with Crippen molar-refractivity contribution in [2.45, 2.75) is 67.4 Å². The molecule has 8 nitrogen and oxygen atoms in total. The Morgan fingerprint density at radius 2 is 1.86 bits per heavy atom. The third-order valence-electron chi connectivity index (χ3n) is 8.14. The van der Waals surface area contributed by atoms with Gasteiger partial charge in [0.15, 0.2) is 0 Å². The predicted octanol–water partition coefficient (Wildman–Crippen LogP) is 3.09. The van der Waals surface area contributed by atoms with Gasteiger partial charge in [-0.3, -0.25) is 14.4 Å². The number of hydrogen-bond acceptors (Lipinski definition) is 6. The molecule has 37 heavy (non-hydrogen) atoms. The molecule has 0 aliphatic carbocycles. The lowest BCUT2D eigenvalue weighted by atomic mass is 9.70. The zero-order chi connectivity index (χ0) is 27.1. The van der Waals surface area contributed by atoms with E-state index in [-0.39, 0.29) is 40.3 Å². The molecule has 10 heteroatoms. The zero-order valence-corrected chi connectivity index (χ0v) is 24.6. The molecule has 3 N–H and O–H groups in total. The molecule has 2 bridgehead atoms. The maximum atomic E-state index is 14.1. The number of carbonyl (C=O) groups is 3. The molecule has 3 aliphatic rings. The zero-order valence-electron chi connectivity index (χ0n) is 22.2. The summed E-state index contributed by atoms with van der Waals surface area (Å²) in [5.41, 5.74) is 1.74. The summed E-state index contributed by atoms with van der Waals surface area (Å²) < 4.78 is -0.733. The number of thioether (sulfide) groups is 1. The van der Waals surface area contributed by atoms with Gasteiger partial charge in [-0.15, -0.1) is 11.8 Å². The molecule has 7 atom stereocenters. The van der Waals surface area contributed by atoms with E-state index in [9.17, 15) is 19.5 Å². The standard InChI is InChI=1S/C27H39BrN4O4S/c1-6-31(7-2)17-10-8-16(9-11-17)30-25(35)23-27-13-19(28)22(37-27)20(24(34)29-5)21(27)26(36)32(23)18(14-33)12-15(3)4/h8-11,15,18-23,33H,6-7,12-14H2,1-5H3,(H,29,34)(H,30,35)/t18-,19?,20+,21+,22+,23?,27?/m1/s1. The van der Waals surface area contributed by atoms with Gasteiger partial charge < -0.3 is 25.5 Å². The average molecular weight is 596 g/mol. The normalized spacial score (nSPS) is 31.0. The first-order chi connectivity index (χ1) is 17.6. The van der Waals surface area contributed by atoms with Crippen LogP contribution in [0.2, 0.25) is 0 Å². The van der Waals surface area contributed by atoms with Gasteiger partial charge in [0.05, 0.1) is 29.2 Å². The Morgan fingerprint density at radius 1 is 1.22 bits per heavy atom. The fourth-order valence-electron chi connectivity index (χ4n) is 6.60. The van der Waals surface area contributed by atoms with Crippen LogP contribution in [-0.4, -0.2) is 81.4 Å². The second-order valence-corrected chi connectivity index (χ2v) is 13.4. The van der Waals surface area contributed by atoms with Gasteiger partial charge >= 0.3 is 0 Å². The molecule has 3 unspecified atom stereocenters. The fourth-order valence-corrected chi connectivity index (χ4v) is 10.2. The number of benzene rings is 1. The van der Waals surface area contributed by atoms with Crippen molar-refractivity contribution in [3.63, 3.8) is 0 Å². The number of aliphatic hydroxyl groups is 1. The molecule has 1 aromatic carbocycles. The van der Waals surface area contributed by atoms with Gasteiger partial charge in [0.25, 0.3) is 0 Å². The Labute approximate surface area is 232 Å². The lowest BCUT2D eigenvalue weighted by molar-refractivity contribution is -0.142. The maximum Gasteiger partial charge on any atom is 0.248 e. The van der Waals surface area contributed by atoms with Gasteiger partial charge in [0, 0.05) is 41.6 Å². The summed E-state index contributed by atoms with van der Waals surface area (Å²) in [4.78, 5) is 45.0. The summed E-state index contributed by atoms with van der Waals surface area (Å²) >= 11 is 5.36. The summed E-state index contributed by atoms with van der Waals surface area (Å²) in [5.74, 6) is -1.52. The van der Waals surface area contributed by atoms with Gasteiger partial charge in [-0.2, -0.15) is 0 Å². The highest BCUT2D eigenvalue weighted by atomic mass is 79.9. The van der Waals surface area contributed by atoms with Gasteiger partial charge in [-0.25, -0.2) is 0 Å². The molecule has 0 radical (unpaired) electrons. The first kappa shape index (κ1) is 28.2. The van der Waals surface area contributed by atoms with Gasteiger partial charge in [0.2, 0.25) is 17.7 Å². The smallest absolute Gasteiger partial charge is 0.248 e. The van der Waals surface area contributed by atoms with Crippen molar-refractivity contribution < 1.29 is 19.5 Å². The third kappa shape index (κ3) is 4.78. The number of aliphatic hydroxyl groups excluding tert-OH is 1. The van der Waals surface area contributed by atoms with Crippen LogP contribution in [0.3, 0.4) is 0 Å². The number of halogens is 1. The van der Waals surface area contributed by atoms with E-state index in [4.69, 9.17) is 0 Å². The van der Waals surface area contributed by atoms with Crippen LogP contribution >= 0.6 is 27.7 Å². The number of carbonyl (C=O) groups excluding carboxylic acids is 3. The minimum atomic E-state index is -0.784. The molecule has 4 rings (SSSR count). The molecule has 0 saturated carbocycles. The number of likely N-dealkylation sites (tertiary alicyclic amines) is 1. The highest BCUT2D eigenvalue weighted by Gasteiger charge is 2.76. The lowest BCUT2D eigenvalue weighted by Crippen LogP contribution is -2.55. The van der Waals surface area contributed by atoms with E-state index >= 15 is 0 Å². The highest BCUT2D eigenvalue weighted by molar-refractivity contribution is 9.09. The van der Waals surface area contributed by atoms with Crippen molar-refractivity contribution in [3.8, 4) is 0 Å². The number of nitrogens with zero attached hydrogens (tertiary/aromatic N) is 2. The van der Waals surface area contributed by atoms with E-state index in [2.05, 4.69) is 45.3 Å². The van der Waals surface area contributed by atoms with Gasteiger partial charge in [-0.05, 0) is 56.9 Å². The summed E-state index contributed by atoms with van der Waals surface area (Å²) in [7, 11) is 1.59. The summed E-state index contributed by atoms with van der Waals surface area (Å²) in [5, 5.41) is 16.1. The summed E-state index contributed by atoms with van der Waals surface area (Å²) in [6.07, 6.45) is 1.19. The number of nitrogens with one attached hydrogen (secondary N) is 2. The highest BCUT2D eigenvalue weighted by Crippen LogP contribution is 2.68. The average Bonchev–Trinajstić information content (AvgIpc) is 3.47. The second-order valence-electron chi connectivity index (χ2n) is 10.7. The van der Waals surface area contributed by atoms with Crippen molar-refractivity contribution in [2.75, 3.05) is 37.0 Å². The lowest BCUT2D eigenvalue weighted by Gasteiger charge is -2.37. The van der Waals surface area contributed by atoms with E-state index in [1.165, 1.54) is 0 Å². The SMILES string of the molecule is CCN(CC)c1ccc(NC(=O)C2N([C@@H](CO)CC(C)C)C(=O)[C@@H]3[C@H](C(=O)NC)[C@H]4SC23CC4Br)cc1. The van der Waals surface area contributed by atoms with Crippen LogP contribution in [0, 0.1) is 17.8 Å². The predicted molar refractivity (Wildman–Crippen MR) is 152 cm³/mol. The molecule has 0 aromatic heterocycles. The third-order valence-corrected chi connectivity index (χ3v) is 11.4. The molecule has 3 amide bonds. The van der Waals surface area contributed by atoms with Crippen LogP contribution in [0.5, 0.6) is 0 Å². The van der Waals surface area contributed by atoms with Crippen LogP contribution in [0.4, 0.5) is 11.4 Å². The molecule has 3 saturated heterocycles.